The van der Waals surface area contributed by atoms with Crippen LogP contribution in [0.4, 0.5) is 11.4 Å². The maximum Gasteiger partial charge on any atom is 0.212 e. The Bertz CT molecular complexity index is 1170. The van der Waals surface area contributed by atoms with E-state index in [4.69, 9.17) is 4.74 Å². The summed E-state index contributed by atoms with van der Waals surface area (Å²) in [7, 11) is 4.19. The lowest BCUT2D eigenvalue weighted by Gasteiger charge is -2.20. The maximum atomic E-state index is 5.53. The second-order valence-electron chi connectivity index (χ2n) is 7.29. The molecule has 0 aliphatic rings. The molecule has 158 valence electrons. The van der Waals surface area contributed by atoms with Crippen molar-refractivity contribution in [3.8, 4) is 5.75 Å². The van der Waals surface area contributed by atoms with Gasteiger partial charge in [-0.1, -0.05) is 24.3 Å². The first-order chi connectivity index (χ1) is 14.7. The molecule has 0 bridgehead atoms. The summed E-state index contributed by atoms with van der Waals surface area (Å²) < 4.78 is 7.75. The van der Waals surface area contributed by atoms with Crippen molar-refractivity contribution in [1.82, 2.24) is 0 Å². The molecule has 0 aliphatic heterocycles. The minimum atomic E-state index is 0. The van der Waals surface area contributed by atoms with E-state index < -0.39 is 0 Å². The molecule has 0 spiro atoms. The van der Waals surface area contributed by atoms with Crippen LogP contribution in [-0.4, -0.2) is 13.7 Å². The summed E-state index contributed by atoms with van der Waals surface area (Å²) in [5, 5.41) is 1.25. The van der Waals surface area contributed by atoms with Gasteiger partial charge in [0.15, 0.2) is 0 Å². The molecular formula is C27H27IN2O. The number of ether oxygens (including phenoxy) is 1. The number of hydrogen-bond donors (Lipinski definition) is 0. The number of aromatic nitrogens is 1. The molecule has 0 unspecified atom stereocenters. The molecule has 4 rings (SSSR count). The number of halogens is 1. The number of aryl methyl sites for hydroxylation is 1. The van der Waals surface area contributed by atoms with Crippen molar-refractivity contribution in [3.63, 3.8) is 0 Å². The fraction of sp³-hybridized carbons (Fsp3) is 0.148. The third-order valence-corrected chi connectivity index (χ3v) is 5.38. The summed E-state index contributed by atoms with van der Waals surface area (Å²) in [6.45, 7) is 2.68. The van der Waals surface area contributed by atoms with E-state index in [-0.39, 0.29) is 24.0 Å². The Morgan fingerprint density at radius 1 is 0.806 bits per heavy atom. The first-order valence-corrected chi connectivity index (χ1v) is 10.3. The zero-order chi connectivity index (χ0) is 20.9. The van der Waals surface area contributed by atoms with Crippen molar-refractivity contribution >= 4 is 34.4 Å². The van der Waals surface area contributed by atoms with Gasteiger partial charge >= 0.3 is 0 Å². The van der Waals surface area contributed by atoms with Crippen molar-refractivity contribution in [2.75, 3.05) is 18.6 Å². The van der Waals surface area contributed by atoms with E-state index in [0.29, 0.717) is 6.61 Å². The number of hydrogen-bond acceptors (Lipinski definition) is 2. The van der Waals surface area contributed by atoms with Crippen LogP contribution < -0.4 is 38.2 Å². The van der Waals surface area contributed by atoms with Gasteiger partial charge in [0.05, 0.1) is 6.61 Å². The highest BCUT2D eigenvalue weighted by atomic mass is 127. The Balaban J connectivity index is 0.00000272. The number of anilines is 2. The zero-order valence-electron chi connectivity index (χ0n) is 18.1. The molecule has 0 saturated heterocycles. The Morgan fingerprint density at radius 3 is 2.13 bits per heavy atom. The molecule has 4 heteroatoms. The molecule has 1 aromatic heterocycles. The predicted octanol–water partition coefficient (Wildman–Crippen LogP) is 3.01. The molecule has 0 aliphatic carbocycles. The highest BCUT2D eigenvalue weighted by Gasteiger charge is 2.08. The summed E-state index contributed by atoms with van der Waals surface area (Å²) >= 11 is 0. The van der Waals surface area contributed by atoms with E-state index >= 15 is 0 Å². The molecule has 3 nitrogen and oxygen atoms in total. The van der Waals surface area contributed by atoms with Crippen LogP contribution in [0.15, 0.2) is 84.9 Å². The minimum absolute atomic E-state index is 0. The molecule has 0 N–H and O–H groups in total. The predicted molar refractivity (Wildman–Crippen MR) is 126 cm³/mol. The van der Waals surface area contributed by atoms with Gasteiger partial charge in [-0.3, -0.25) is 0 Å². The van der Waals surface area contributed by atoms with E-state index in [1.165, 1.54) is 22.2 Å². The van der Waals surface area contributed by atoms with Crippen LogP contribution in [0.2, 0.25) is 0 Å². The van der Waals surface area contributed by atoms with Gasteiger partial charge in [-0.25, -0.2) is 0 Å². The van der Waals surface area contributed by atoms with Gasteiger partial charge < -0.3 is 33.6 Å². The SMILES string of the molecule is CCOc1ccc(N(C)c2ccc(/C=C/c3ccc4ccccc4[n+]3C)cc2)cc1.[I-]. The maximum absolute atomic E-state index is 5.53. The lowest BCUT2D eigenvalue weighted by atomic mass is 10.1. The van der Waals surface area contributed by atoms with E-state index in [0.717, 1.165) is 17.1 Å². The number of pyridine rings is 1. The average Bonchev–Trinajstić information content (AvgIpc) is 2.79. The molecule has 31 heavy (non-hydrogen) atoms. The fourth-order valence-electron chi connectivity index (χ4n) is 3.60. The Morgan fingerprint density at radius 2 is 1.45 bits per heavy atom. The third kappa shape index (κ3) is 5.25. The van der Waals surface area contributed by atoms with Crippen molar-refractivity contribution < 1.29 is 33.3 Å². The highest BCUT2D eigenvalue weighted by Crippen LogP contribution is 2.26. The summed E-state index contributed by atoms with van der Waals surface area (Å²) in [6.07, 6.45) is 4.32. The molecule has 4 aromatic rings. The Hall–Kier alpha value is -2.86. The second kappa shape index (κ2) is 10.4. The van der Waals surface area contributed by atoms with Gasteiger partial charge in [-0.15, -0.1) is 0 Å². The van der Waals surface area contributed by atoms with E-state index in [2.05, 4.69) is 109 Å². The van der Waals surface area contributed by atoms with Crippen LogP contribution in [0.25, 0.3) is 23.1 Å². The van der Waals surface area contributed by atoms with Crippen molar-refractivity contribution in [1.29, 1.82) is 0 Å². The Labute approximate surface area is 201 Å². The van der Waals surface area contributed by atoms with Crippen LogP contribution in [-0.2, 0) is 7.05 Å². The molecule has 0 fully saturated rings. The smallest absolute Gasteiger partial charge is 0.212 e. The number of fused-ring (bicyclic) bond motifs is 1. The average molecular weight is 522 g/mol. The minimum Gasteiger partial charge on any atom is -1.00 e. The topological polar surface area (TPSA) is 16.4 Å². The van der Waals surface area contributed by atoms with Gasteiger partial charge in [0.25, 0.3) is 0 Å². The monoisotopic (exact) mass is 522 g/mol. The molecule has 0 amide bonds. The number of para-hydroxylation sites is 1. The highest BCUT2D eigenvalue weighted by molar-refractivity contribution is 5.77. The van der Waals surface area contributed by atoms with Gasteiger partial charge in [-0.05, 0) is 67.1 Å². The molecule has 0 radical (unpaired) electrons. The third-order valence-electron chi connectivity index (χ3n) is 5.38. The van der Waals surface area contributed by atoms with E-state index in [1.54, 1.807) is 0 Å². The van der Waals surface area contributed by atoms with Crippen molar-refractivity contribution in [2.45, 2.75) is 6.92 Å². The molecule has 3 aromatic carbocycles. The quantitative estimate of drug-likeness (QED) is 0.286. The van der Waals surface area contributed by atoms with Crippen molar-refractivity contribution in [2.24, 2.45) is 7.05 Å². The van der Waals surface area contributed by atoms with E-state index in [9.17, 15) is 0 Å². The van der Waals surface area contributed by atoms with Crippen LogP contribution in [0.1, 0.15) is 18.2 Å². The second-order valence-corrected chi connectivity index (χ2v) is 7.29. The zero-order valence-corrected chi connectivity index (χ0v) is 20.3. The summed E-state index contributed by atoms with van der Waals surface area (Å²) in [5.41, 5.74) is 5.85. The first kappa shape index (κ1) is 22.8. The summed E-state index contributed by atoms with van der Waals surface area (Å²) in [4.78, 5) is 2.17. The summed E-state index contributed by atoms with van der Waals surface area (Å²) in [5.74, 6) is 0.900. The number of benzene rings is 3. The normalized spacial score (nSPS) is 10.8. The van der Waals surface area contributed by atoms with Crippen LogP contribution >= 0.6 is 0 Å². The van der Waals surface area contributed by atoms with Crippen LogP contribution in [0.5, 0.6) is 5.75 Å². The standard InChI is InChI=1S/C27H27N2O.HI/c1-4-30-26-19-17-24(18-20-26)28(2)23-13-9-21(10-14-23)11-15-25-16-12-22-7-5-6-8-27(22)29(25)3;/h5-20H,4H2,1-3H3;1H/q+1;/p-1. The largest absolute Gasteiger partial charge is 1.00 e. The number of nitrogens with zero attached hydrogens (tertiary/aromatic N) is 2. The number of rotatable bonds is 6. The molecule has 1 heterocycles. The first-order valence-electron chi connectivity index (χ1n) is 10.3. The fourth-order valence-corrected chi connectivity index (χ4v) is 3.60. The van der Waals surface area contributed by atoms with Crippen molar-refractivity contribution in [3.05, 3.63) is 96.2 Å². The molecule has 0 saturated carbocycles. The van der Waals surface area contributed by atoms with E-state index in [1.807, 2.05) is 19.1 Å². The lowest BCUT2D eigenvalue weighted by molar-refractivity contribution is -0.646. The van der Waals surface area contributed by atoms with Gasteiger partial charge in [0, 0.05) is 42.0 Å². The van der Waals surface area contributed by atoms with Gasteiger partial charge in [0.2, 0.25) is 11.2 Å². The molecule has 0 atom stereocenters. The van der Waals surface area contributed by atoms with Crippen LogP contribution in [0, 0.1) is 0 Å². The van der Waals surface area contributed by atoms with Crippen LogP contribution in [0.3, 0.4) is 0 Å². The Kier molecular flexibility index (Phi) is 7.69. The molecular weight excluding hydrogens is 495 g/mol. The van der Waals surface area contributed by atoms with Gasteiger partial charge in [-0.2, -0.15) is 4.57 Å². The lowest BCUT2D eigenvalue weighted by Crippen LogP contribution is -3.00. The summed E-state index contributed by atoms with van der Waals surface area (Å²) in [6, 6.07) is 29.6. The van der Waals surface area contributed by atoms with Gasteiger partial charge in [0.1, 0.15) is 12.8 Å².